The zero-order valence-electron chi connectivity index (χ0n) is 15.9. The zero-order valence-corrected chi connectivity index (χ0v) is 15.9. The molecule has 0 unspecified atom stereocenters. The Kier molecular flexibility index (Phi) is 6.34. The summed E-state index contributed by atoms with van der Waals surface area (Å²) < 4.78 is 40.3. The number of carbonyl (C=O) groups is 2. The number of rotatable bonds is 4. The van der Waals surface area contributed by atoms with Crippen LogP contribution in [-0.4, -0.2) is 59.4 Å². The van der Waals surface area contributed by atoms with E-state index in [1.165, 1.54) is 30.3 Å². The summed E-state index contributed by atoms with van der Waals surface area (Å²) in [6.07, 6.45) is -4.75. The average molecular weight is 423 g/mol. The number of alkyl halides is 3. The molecule has 1 fully saturated rings. The average Bonchev–Trinajstić information content (AvgIpc) is 2.72. The smallest absolute Gasteiger partial charge is 0.507 e. The van der Waals surface area contributed by atoms with E-state index in [2.05, 4.69) is 10.1 Å². The highest BCUT2D eigenvalue weighted by Gasteiger charge is 2.31. The van der Waals surface area contributed by atoms with Gasteiger partial charge < -0.3 is 25.0 Å². The third-order valence-electron chi connectivity index (χ3n) is 4.59. The van der Waals surface area contributed by atoms with Crippen molar-refractivity contribution in [1.82, 2.24) is 15.1 Å². The number of piperazine rings is 1. The Morgan fingerprint density at radius 3 is 2.17 bits per heavy atom. The lowest BCUT2D eigenvalue weighted by Crippen LogP contribution is -2.53. The van der Waals surface area contributed by atoms with Crippen LogP contribution in [0.4, 0.5) is 18.0 Å². The third-order valence-corrected chi connectivity index (χ3v) is 4.59. The van der Waals surface area contributed by atoms with Crippen molar-refractivity contribution in [3.63, 3.8) is 0 Å². The molecule has 0 atom stereocenters. The number of benzene rings is 2. The van der Waals surface area contributed by atoms with Gasteiger partial charge in [-0.1, -0.05) is 24.3 Å². The molecule has 1 aliphatic rings. The number of phenols is 1. The molecule has 2 aromatic rings. The van der Waals surface area contributed by atoms with E-state index < -0.39 is 6.36 Å². The molecule has 160 valence electrons. The summed E-state index contributed by atoms with van der Waals surface area (Å²) in [5.41, 5.74) is 0.833. The van der Waals surface area contributed by atoms with Crippen molar-refractivity contribution in [2.24, 2.45) is 0 Å². The number of urea groups is 1. The van der Waals surface area contributed by atoms with Gasteiger partial charge in [0.2, 0.25) is 0 Å². The summed E-state index contributed by atoms with van der Waals surface area (Å²) in [7, 11) is 0. The van der Waals surface area contributed by atoms with Crippen LogP contribution in [0.25, 0.3) is 0 Å². The molecule has 7 nitrogen and oxygen atoms in total. The van der Waals surface area contributed by atoms with Gasteiger partial charge in [-0.15, -0.1) is 13.2 Å². The van der Waals surface area contributed by atoms with Crippen molar-refractivity contribution in [1.29, 1.82) is 0 Å². The maximum absolute atomic E-state index is 12.5. The Morgan fingerprint density at radius 1 is 0.967 bits per heavy atom. The van der Waals surface area contributed by atoms with Gasteiger partial charge in [-0.05, 0) is 29.8 Å². The molecular formula is C20H20F3N3O4. The molecule has 30 heavy (non-hydrogen) atoms. The van der Waals surface area contributed by atoms with Gasteiger partial charge >= 0.3 is 12.4 Å². The topological polar surface area (TPSA) is 82.1 Å². The Hall–Kier alpha value is -3.43. The van der Waals surface area contributed by atoms with Crippen molar-refractivity contribution >= 4 is 11.9 Å². The highest BCUT2D eigenvalue weighted by atomic mass is 19.4. The lowest BCUT2D eigenvalue weighted by molar-refractivity contribution is -0.274. The number of halogens is 3. The normalized spacial score (nSPS) is 14.4. The van der Waals surface area contributed by atoms with Gasteiger partial charge in [-0.25, -0.2) is 4.79 Å². The molecule has 1 saturated heterocycles. The number of ether oxygens (including phenoxy) is 1. The van der Waals surface area contributed by atoms with Gasteiger partial charge in [0.25, 0.3) is 5.91 Å². The highest BCUT2D eigenvalue weighted by Crippen LogP contribution is 2.23. The van der Waals surface area contributed by atoms with Crippen LogP contribution in [0.5, 0.6) is 11.5 Å². The predicted molar refractivity (Wildman–Crippen MR) is 101 cm³/mol. The third kappa shape index (κ3) is 5.56. The molecule has 3 amide bonds. The van der Waals surface area contributed by atoms with Crippen LogP contribution < -0.4 is 10.1 Å². The second kappa shape index (κ2) is 8.93. The van der Waals surface area contributed by atoms with E-state index in [4.69, 9.17) is 0 Å². The number of carbonyl (C=O) groups excluding carboxylic acids is 2. The molecular weight excluding hydrogens is 403 g/mol. The fourth-order valence-electron chi connectivity index (χ4n) is 3.04. The number of hydrogen-bond donors (Lipinski definition) is 2. The lowest BCUT2D eigenvalue weighted by Gasteiger charge is -2.34. The second-order valence-electron chi connectivity index (χ2n) is 6.65. The van der Waals surface area contributed by atoms with Crippen LogP contribution >= 0.6 is 0 Å². The first-order valence-corrected chi connectivity index (χ1v) is 9.17. The quantitative estimate of drug-likeness (QED) is 0.792. The van der Waals surface area contributed by atoms with Gasteiger partial charge in [0.05, 0.1) is 5.56 Å². The summed E-state index contributed by atoms with van der Waals surface area (Å²) >= 11 is 0. The highest BCUT2D eigenvalue weighted by molar-refractivity contribution is 5.97. The molecule has 0 aromatic heterocycles. The van der Waals surface area contributed by atoms with E-state index in [-0.39, 0.29) is 35.5 Å². The lowest BCUT2D eigenvalue weighted by atomic mass is 10.1. The van der Waals surface area contributed by atoms with Gasteiger partial charge in [0, 0.05) is 32.7 Å². The number of phenolic OH excluding ortho intramolecular Hbond substituents is 1. The fraction of sp³-hybridized carbons (Fsp3) is 0.300. The van der Waals surface area contributed by atoms with E-state index in [0.29, 0.717) is 31.7 Å². The Balaban J connectivity index is 1.46. The summed E-state index contributed by atoms with van der Waals surface area (Å²) in [4.78, 5) is 27.9. The molecule has 0 radical (unpaired) electrons. The number of nitrogens with one attached hydrogen (secondary N) is 1. The second-order valence-corrected chi connectivity index (χ2v) is 6.65. The van der Waals surface area contributed by atoms with Crippen molar-refractivity contribution in [3.05, 3.63) is 59.7 Å². The maximum atomic E-state index is 12.5. The van der Waals surface area contributed by atoms with Crippen molar-refractivity contribution in [2.75, 3.05) is 26.2 Å². The molecule has 0 spiro atoms. The monoisotopic (exact) mass is 423 g/mol. The molecule has 2 aromatic carbocycles. The van der Waals surface area contributed by atoms with Gasteiger partial charge in [0.15, 0.2) is 0 Å². The first-order valence-electron chi connectivity index (χ1n) is 9.17. The molecule has 0 aliphatic carbocycles. The summed E-state index contributed by atoms with van der Waals surface area (Å²) in [6, 6.07) is 11.2. The van der Waals surface area contributed by atoms with Crippen LogP contribution in [0.15, 0.2) is 48.5 Å². The molecule has 1 aliphatic heterocycles. The summed E-state index contributed by atoms with van der Waals surface area (Å²) in [6.45, 7) is 1.43. The van der Waals surface area contributed by atoms with Crippen molar-refractivity contribution < 1.29 is 32.6 Å². The minimum absolute atomic E-state index is 0.0886. The van der Waals surface area contributed by atoms with E-state index >= 15 is 0 Å². The minimum atomic E-state index is -4.75. The Morgan fingerprint density at radius 2 is 1.57 bits per heavy atom. The number of nitrogens with zero attached hydrogens (tertiary/aromatic N) is 2. The van der Waals surface area contributed by atoms with E-state index in [9.17, 15) is 27.9 Å². The molecule has 2 N–H and O–H groups in total. The van der Waals surface area contributed by atoms with Gasteiger partial charge in [0.1, 0.15) is 11.5 Å². The van der Waals surface area contributed by atoms with E-state index in [0.717, 1.165) is 0 Å². The zero-order chi connectivity index (χ0) is 21.7. The number of amides is 3. The number of para-hydroxylation sites is 1. The van der Waals surface area contributed by atoms with Crippen LogP contribution in [0.3, 0.4) is 0 Å². The SMILES string of the molecule is O=C(NCc1ccc(OC(F)(F)F)cc1)N1CCN(C(=O)c2ccccc2O)CC1. The number of hydrogen-bond acceptors (Lipinski definition) is 4. The summed E-state index contributed by atoms with van der Waals surface area (Å²) in [5, 5.41) is 12.5. The van der Waals surface area contributed by atoms with Gasteiger partial charge in [-0.2, -0.15) is 0 Å². The largest absolute Gasteiger partial charge is 0.573 e. The number of aromatic hydroxyl groups is 1. The van der Waals surface area contributed by atoms with Crippen LogP contribution in [-0.2, 0) is 6.54 Å². The van der Waals surface area contributed by atoms with Crippen LogP contribution in [0, 0.1) is 0 Å². The first-order chi connectivity index (χ1) is 14.2. The van der Waals surface area contributed by atoms with E-state index in [1.807, 2.05) is 0 Å². The van der Waals surface area contributed by atoms with Crippen LogP contribution in [0.1, 0.15) is 15.9 Å². The van der Waals surface area contributed by atoms with E-state index in [1.54, 1.807) is 28.0 Å². The molecule has 3 rings (SSSR count). The van der Waals surface area contributed by atoms with Gasteiger partial charge in [-0.3, -0.25) is 4.79 Å². The molecule has 1 heterocycles. The molecule has 0 saturated carbocycles. The Labute approximate surface area is 170 Å². The summed E-state index contributed by atoms with van der Waals surface area (Å²) in [5.74, 6) is -0.716. The molecule has 10 heteroatoms. The Bertz CT molecular complexity index is 895. The minimum Gasteiger partial charge on any atom is -0.507 e. The first kappa shape index (κ1) is 21.3. The standard InChI is InChI=1S/C20H20F3N3O4/c21-20(22,23)30-15-7-5-14(6-8-15)13-24-19(29)26-11-9-25(10-12-26)18(28)16-3-1-2-4-17(16)27/h1-8,27H,9-13H2,(H,24,29). The van der Waals surface area contributed by atoms with Crippen LogP contribution in [0.2, 0.25) is 0 Å². The molecule has 0 bridgehead atoms. The van der Waals surface area contributed by atoms with Crippen molar-refractivity contribution in [2.45, 2.75) is 12.9 Å². The predicted octanol–water partition coefficient (Wildman–Crippen LogP) is 2.96. The van der Waals surface area contributed by atoms with Crippen molar-refractivity contribution in [3.8, 4) is 11.5 Å². The maximum Gasteiger partial charge on any atom is 0.573 e. The fourth-order valence-corrected chi connectivity index (χ4v) is 3.04.